The molecule has 0 spiro atoms. The molecule has 0 atom stereocenters. The number of rotatable bonds is 7. The molecule has 0 unspecified atom stereocenters. The lowest BCUT2D eigenvalue weighted by Gasteiger charge is -2.07. The first-order valence-electron chi connectivity index (χ1n) is 6.06. The highest BCUT2D eigenvalue weighted by atomic mass is 79.9. The van der Waals surface area contributed by atoms with Gasteiger partial charge in [0.2, 0.25) is 0 Å². The maximum absolute atomic E-state index is 11.8. The molecule has 5 heteroatoms. The van der Waals surface area contributed by atoms with Crippen LogP contribution in [-0.4, -0.2) is 25.7 Å². The highest BCUT2D eigenvalue weighted by molar-refractivity contribution is 9.10. The van der Waals surface area contributed by atoms with E-state index in [9.17, 15) is 4.79 Å². The van der Waals surface area contributed by atoms with Gasteiger partial charge in [-0.1, -0.05) is 6.92 Å². The van der Waals surface area contributed by atoms with Crippen LogP contribution in [0.2, 0.25) is 0 Å². The van der Waals surface area contributed by atoms with Crippen molar-refractivity contribution in [1.82, 2.24) is 5.32 Å². The van der Waals surface area contributed by atoms with E-state index in [1.807, 2.05) is 0 Å². The van der Waals surface area contributed by atoms with Crippen LogP contribution < -0.4 is 11.1 Å². The first-order chi connectivity index (χ1) is 8.65. The van der Waals surface area contributed by atoms with Gasteiger partial charge in [0.15, 0.2) is 0 Å². The first-order valence-corrected chi connectivity index (χ1v) is 6.85. The summed E-state index contributed by atoms with van der Waals surface area (Å²) in [5.41, 5.74) is 6.86. The number of amides is 1. The summed E-state index contributed by atoms with van der Waals surface area (Å²) < 4.78 is 6.13. The fraction of sp³-hybridized carbons (Fsp3) is 0.462. The van der Waals surface area contributed by atoms with Crippen molar-refractivity contribution in [3.63, 3.8) is 0 Å². The summed E-state index contributed by atoms with van der Waals surface area (Å²) in [7, 11) is 0. The average Bonchev–Trinajstić information content (AvgIpc) is 2.36. The highest BCUT2D eigenvalue weighted by Gasteiger charge is 2.06. The number of nitrogens with two attached hydrogens (primary N) is 1. The van der Waals surface area contributed by atoms with Gasteiger partial charge in [0.05, 0.1) is 0 Å². The molecule has 0 bridgehead atoms. The third-order valence-corrected chi connectivity index (χ3v) is 3.08. The van der Waals surface area contributed by atoms with E-state index >= 15 is 0 Å². The number of nitrogen functional groups attached to an aromatic ring is 1. The molecule has 0 heterocycles. The summed E-state index contributed by atoms with van der Waals surface area (Å²) >= 11 is 3.29. The second kappa shape index (κ2) is 8.11. The molecular weight excluding hydrogens is 296 g/mol. The Morgan fingerprint density at radius 3 is 2.89 bits per heavy atom. The third kappa shape index (κ3) is 5.06. The van der Waals surface area contributed by atoms with Crippen LogP contribution in [0.4, 0.5) is 5.69 Å². The van der Waals surface area contributed by atoms with E-state index in [1.54, 1.807) is 18.2 Å². The SMILES string of the molecule is CCCOCCCNC(=O)c1ccc(Br)c(N)c1. The summed E-state index contributed by atoms with van der Waals surface area (Å²) in [4.78, 5) is 11.8. The number of carbonyl (C=O) groups excluding carboxylic acids is 1. The lowest BCUT2D eigenvalue weighted by atomic mass is 10.2. The van der Waals surface area contributed by atoms with Crippen molar-refractivity contribution in [3.05, 3.63) is 28.2 Å². The predicted octanol–water partition coefficient (Wildman–Crippen LogP) is 2.58. The van der Waals surface area contributed by atoms with Gasteiger partial charge >= 0.3 is 0 Å². The van der Waals surface area contributed by atoms with Crippen LogP contribution in [-0.2, 0) is 4.74 Å². The Morgan fingerprint density at radius 2 is 2.22 bits per heavy atom. The van der Waals surface area contributed by atoms with Crippen molar-refractivity contribution >= 4 is 27.5 Å². The first kappa shape index (κ1) is 15.0. The lowest BCUT2D eigenvalue weighted by Crippen LogP contribution is -2.25. The van der Waals surface area contributed by atoms with E-state index in [1.165, 1.54) is 0 Å². The van der Waals surface area contributed by atoms with Crippen LogP contribution in [0.25, 0.3) is 0 Å². The van der Waals surface area contributed by atoms with E-state index in [0.29, 0.717) is 24.4 Å². The van der Waals surface area contributed by atoms with E-state index in [0.717, 1.165) is 23.9 Å². The fourth-order valence-corrected chi connectivity index (χ4v) is 1.66. The van der Waals surface area contributed by atoms with Crippen LogP contribution in [0.3, 0.4) is 0 Å². The number of hydrogen-bond acceptors (Lipinski definition) is 3. The Morgan fingerprint density at radius 1 is 1.44 bits per heavy atom. The molecule has 0 aliphatic heterocycles. The molecule has 0 fully saturated rings. The summed E-state index contributed by atoms with van der Waals surface area (Å²) in [5, 5.41) is 2.83. The summed E-state index contributed by atoms with van der Waals surface area (Å²) in [6.07, 6.45) is 1.84. The van der Waals surface area contributed by atoms with E-state index in [-0.39, 0.29) is 5.91 Å². The van der Waals surface area contributed by atoms with Crippen molar-refractivity contribution in [3.8, 4) is 0 Å². The molecule has 0 saturated carbocycles. The van der Waals surface area contributed by atoms with Gasteiger partial charge in [-0.2, -0.15) is 0 Å². The smallest absolute Gasteiger partial charge is 0.251 e. The molecule has 3 N–H and O–H groups in total. The minimum Gasteiger partial charge on any atom is -0.398 e. The largest absolute Gasteiger partial charge is 0.398 e. The number of halogens is 1. The molecule has 0 aliphatic rings. The normalized spacial score (nSPS) is 10.3. The van der Waals surface area contributed by atoms with Gasteiger partial charge < -0.3 is 15.8 Å². The second-order valence-electron chi connectivity index (χ2n) is 3.96. The minimum atomic E-state index is -0.107. The molecule has 1 rings (SSSR count). The Bertz CT molecular complexity index is 397. The Labute approximate surface area is 116 Å². The summed E-state index contributed by atoms with van der Waals surface area (Å²) in [6.45, 7) is 4.13. The quantitative estimate of drug-likeness (QED) is 0.600. The molecule has 1 aromatic rings. The number of nitrogens with one attached hydrogen (secondary N) is 1. The van der Waals surface area contributed by atoms with Gasteiger partial charge in [0.1, 0.15) is 0 Å². The molecular formula is C13H19BrN2O2. The molecule has 0 aliphatic carbocycles. The van der Waals surface area contributed by atoms with Crippen molar-refractivity contribution in [1.29, 1.82) is 0 Å². The maximum atomic E-state index is 11.8. The lowest BCUT2D eigenvalue weighted by molar-refractivity contribution is 0.0941. The van der Waals surface area contributed by atoms with Crippen LogP contribution >= 0.6 is 15.9 Å². The predicted molar refractivity (Wildman–Crippen MR) is 76.6 cm³/mol. The Hall–Kier alpha value is -1.07. The van der Waals surface area contributed by atoms with Crippen molar-refractivity contribution < 1.29 is 9.53 Å². The van der Waals surface area contributed by atoms with Crippen LogP contribution in [0, 0.1) is 0 Å². The molecule has 0 saturated heterocycles. The molecule has 1 aromatic carbocycles. The minimum absolute atomic E-state index is 0.107. The number of hydrogen-bond donors (Lipinski definition) is 2. The van der Waals surface area contributed by atoms with Gasteiger partial charge in [-0.15, -0.1) is 0 Å². The van der Waals surface area contributed by atoms with Gasteiger partial charge in [0.25, 0.3) is 5.91 Å². The van der Waals surface area contributed by atoms with Gasteiger partial charge in [-0.05, 0) is 47.0 Å². The van der Waals surface area contributed by atoms with Crippen molar-refractivity contribution in [2.75, 3.05) is 25.5 Å². The average molecular weight is 315 g/mol. The fourth-order valence-electron chi connectivity index (χ4n) is 1.41. The number of benzene rings is 1. The van der Waals surface area contributed by atoms with Crippen molar-refractivity contribution in [2.24, 2.45) is 0 Å². The zero-order valence-corrected chi connectivity index (χ0v) is 12.1. The topological polar surface area (TPSA) is 64.3 Å². The molecule has 0 radical (unpaired) electrons. The summed E-state index contributed by atoms with van der Waals surface area (Å²) in [5.74, 6) is -0.107. The Kier molecular flexibility index (Phi) is 6.75. The van der Waals surface area contributed by atoms with E-state index in [4.69, 9.17) is 10.5 Å². The second-order valence-corrected chi connectivity index (χ2v) is 4.81. The molecule has 0 aromatic heterocycles. The molecule has 1 amide bonds. The van der Waals surface area contributed by atoms with Gasteiger partial charge in [0, 0.05) is 35.5 Å². The highest BCUT2D eigenvalue weighted by Crippen LogP contribution is 2.19. The van der Waals surface area contributed by atoms with Crippen LogP contribution in [0.15, 0.2) is 22.7 Å². The monoisotopic (exact) mass is 314 g/mol. The van der Waals surface area contributed by atoms with Gasteiger partial charge in [-0.25, -0.2) is 0 Å². The van der Waals surface area contributed by atoms with Crippen molar-refractivity contribution in [2.45, 2.75) is 19.8 Å². The number of anilines is 1. The van der Waals surface area contributed by atoms with Crippen LogP contribution in [0.5, 0.6) is 0 Å². The summed E-state index contributed by atoms with van der Waals surface area (Å²) in [6, 6.07) is 5.17. The number of carbonyl (C=O) groups is 1. The maximum Gasteiger partial charge on any atom is 0.251 e. The van der Waals surface area contributed by atoms with E-state index in [2.05, 4.69) is 28.2 Å². The zero-order chi connectivity index (χ0) is 13.4. The van der Waals surface area contributed by atoms with E-state index < -0.39 is 0 Å². The zero-order valence-electron chi connectivity index (χ0n) is 10.5. The molecule has 18 heavy (non-hydrogen) atoms. The standard InChI is InChI=1S/C13H19BrN2O2/c1-2-7-18-8-3-6-16-13(17)10-4-5-11(14)12(15)9-10/h4-5,9H,2-3,6-8,15H2,1H3,(H,16,17). The van der Waals surface area contributed by atoms with Crippen LogP contribution in [0.1, 0.15) is 30.1 Å². The Balaban J connectivity index is 2.30. The number of ether oxygens (including phenoxy) is 1. The van der Waals surface area contributed by atoms with Gasteiger partial charge in [-0.3, -0.25) is 4.79 Å². The molecule has 4 nitrogen and oxygen atoms in total. The molecule has 100 valence electrons. The third-order valence-electron chi connectivity index (χ3n) is 2.36.